The molecule has 0 aromatic heterocycles. The van der Waals surface area contributed by atoms with Crippen molar-refractivity contribution >= 4 is 50.6 Å². The number of rotatable bonds is 7. The van der Waals surface area contributed by atoms with Gasteiger partial charge in [-0.15, -0.1) is 0 Å². The van der Waals surface area contributed by atoms with Gasteiger partial charge in [-0.1, -0.05) is 29.9 Å². The summed E-state index contributed by atoms with van der Waals surface area (Å²) < 4.78 is 26.7. The Labute approximate surface area is 141 Å². The van der Waals surface area contributed by atoms with Crippen LogP contribution in [0.5, 0.6) is 0 Å². The molecule has 2 N–H and O–H groups in total. The lowest BCUT2D eigenvalue weighted by atomic mass is 10.2. The summed E-state index contributed by atoms with van der Waals surface area (Å²) in [6.07, 6.45) is 2.76. The van der Waals surface area contributed by atoms with E-state index in [0.29, 0.717) is 5.56 Å². The Morgan fingerprint density at radius 3 is 2.67 bits per heavy atom. The average Bonchev–Trinajstić information content (AvgIpc) is 2.43. The molecule has 1 aromatic rings. The second-order valence-electron chi connectivity index (χ2n) is 4.66. The second kappa shape index (κ2) is 7.78. The van der Waals surface area contributed by atoms with Crippen LogP contribution in [0.25, 0.3) is 0 Å². The third-order valence-corrected chi connectivity index (χ3v) is 6.57. The molecule has 1 rings (SSSR count). The van der Waals surface area contributed by atoms with Gasteiger partial charge in [0, 0.05) is 18.7 Å². The zero-order valence-corrected chi connectivity index (χ0v) is 15.4. The van der Waals surface area contributed by atoms with Gasteiger partial charge in [0.2, 0.25) is 10.0 Å². The number of nitrogens with two attached hydrogens (primary N) is 1. The van der Waals surface area contributed by atoms with Crippen LogP contribution in [0.2, 0.25) is 5.02 Å². The molecule has 0 aliphatic rings. The summed E-state index contributed by atoms with van der Waals surface area (Å²) in [5.74, 6) is 0.891. The van der Waals surface area contributed by atoms with Crippen molar-refractivity contribution in [2.45, 2.75) is 24.3 Å². The van der Waals surface area contributed by atoms with Crippen molar-refractivity contribution in [2.24, 2.45) is 5.73 Å². The fraction of sp³-hybridized carbons (Fsp3) is 0.462. The van der Waals surface area contributed by atoms with Crippen LogP contribution in [0.3, 0.4) is 0 Å². The molecule has 0 saturated carbocycles. The van der Waals surface area contributed by atoms with Gasteiger partial charge in [-0.3, -0.25) is 0 Å². The van der Waals surface area contributed by atoms with Crippen molar-refractivity contribution in [3.8, 4) is 0 Å². The van der Waals surface area contributed by atoms with Crippen molar-refractivity contribution in [3.63, 3.8) is 0 Å². The molecule has 0 saturated heterocycles. The van der Waals surface area contributed by atoms with Gasteiger partial charge in [0.05, 0.1) is 5.02 Å². The highest BCUT2D eigenvalue weighted by Crippen LogP contribution is 2.27. The quantitative estimate of drug-likeness (QED) is 0.752. The van der Waals surface area contributed by atoms with Crippen LogP contribution < -0.4 is 5.73 Å². The highest BCUT2D eigenvalue weighted by molar-refractivity contribution is 7.98. The lowest BCUT2D eigenvalue weighted by Crippen LogP contribution is -2.35. The van der Waals surface area contributed by atoms with Gasteiger partial charge in [-0.05, 0) is 37.5 Å². The number of nitrogens with zero attached hydrogens (tertiary/aromatic N) is 1. The zero-order valence-electron chi connectivity index (χ0n) is 12.2. The van der Waals surface area contributed by atoms with Crippen LogP contribution in [0.4, 0.5) is 0 Å². The lowest BCUT2D eigenvalue weighted by Gasteiger charge is -2.24. The number of hydrogen-bond donors (Lipinski definition) is 1. The zero-order chi connectivity index (χ0) is 16.2. The van der Waals surface area contributed by atoms with Crippen LogP contribution in [-0.4, -0.2) is 42.8 Å². The highest BCUT2D eigenvalue weighted by atomic mass is 35.5. The molecule has 0 aliphatic heterocycles. The van der Waals surface area contributed by atoms with Crippen LogP contribution in [-0.2, 0) is 10.0 Å². The summed E-state index contributed by atoms with van der Waals surface area (Å²) in [5.41, 5.74) is 6.04. The standard InChI is InChI=1S/C13H19ClN2O2S3/c1-9(6-7-20-3)16(2)21(17,18)12-8-10(13(15)19)4-5-11(12)14/h4-5,8-9H,6-7H2,1-3H3,(H2,15,19). The molecular formula is C13H19ClN2O2S3. The monoisotopic (exact) mass is 366 g/mol. The van der Waals surface area contributed by atoms with Crippen LogP contribution >= 0.6 is 35.6 Å². The molecule has 0 bridgehead atoms. The predicted octanol–water partition coefficient (Wildman–Crippen LogP) is 2.74. The van der Waals surface area contributed by atoms with E-state index in [1.54, 1.807) is 24.9 Å². The van der Waals surface area contributed by atoms with Crippen LogP contribution in [0, 0.1) is 0 Å². The Bertz CT molecular complexity index is 620. The summed E-state index contributed by atoms with van der Waals surface area (Å²) in [6, 6.07) is 4.43. The van der Waals surface area contributed by atoms with Crippen molar-refractivity contribution < 1.29 is 8.42 Å². The van der Waals surface area contributed by atoms with Crippen molar-refractivity contribution in [1.29, 1.82) is 0 Å². The molecule has 0 spiro atoms. The smallest absolute Gasteiger partial charge is 0.244 e. The van der Waals surface area contributed by atoms with Gasteiger partial charge in [-0.25, -0.2) is 8.42 Å². The first-order chi connectivity index (χ1) is 9.71. The van der Waals surface area contributed by atoms with E-state index >= 15 is 0 Å². The van der Waals surface area contributed by atoms with Gasteiger partial charge in [0.25, 0.3) is 0 Å². The Balaban J connectivity index is 3.18. The van der Waals surface area contributed by atoms with E-state index in [1.165, 1.54) is 16.4 Å². The van der Waals surface area contributed by atoms with E-state index in [4.69, 9.17) is 29.6 Å². The van der Waals surface area contributed by atoms with Crippen LogP contribution in [0.1, 0.15) is 18.9 Å². The minimum Gasteiger partial charge on any atom is -0.389 e. The first-order valence-corrected chi connectivity index (χ1v) is 9.90. The third kappa shape index (κ3) is 4.56. The lowest BCUT2D eigenvalue weighted by molar-refractivity contribution is 0.382. The summed E-state index contributed by atoms with van der Waals surface area (Å²) in [6.45, 7) is 1.87. The van der Waals surface area contributed by atoms with Gasteiger partial charge in [0.1, 0.15) is 9.88 Å². The fourth-order valence-corrected chi connectivity index (χ4v) is 4.31. The molecule has 0 amide bonds. The molecule has 0 heterocycles. The molecule has 1 unspecified atom stereocenters. The first kappa shape index (κ1) is 18.7. The van der Waals surface area contributed by atoms with Gasteiger partial charge in [-0.2, -0.15) is 16.1 Å². The maximum atomic E-state index is 12.7. The van der Waals surface area contributed by atoms with Gasteiger partial charge >= 0.3 is 0 Å². The topological polar surface area (TPSA) is 63.4 Å². The van der Waals surface area contributed by atoms with Crippen molar-refractivity contribution in [2.75, 3.05) is 19.1 Å². The number of hydrogen-bond acceptors (Lipinski definition) is 4. The van der Waals surface area contributed by atoms with Crippen molar-refractivity contribution in [3.05, 3.63) is 28.8 Å². The molecule has 4 nitrogen and oxygen atoms in total. The number of sulfonamides is 1. The number of thiocarbonyl (C=S) groups is 1. The molecule has 118 valence electrons. The maximum absolute atomic E-state index is 12.7. The van der Waals surface area contributed by atoms with Gasteiger partial charge in [0.15, 0.2) is 0 Å². The summed E-state index contributed by atoms with van der Waals surface area (Å²) in [5, 5.41) is 0.166. The predicted molar refractivity (Wildman–Crippen MR) is 94.7 cm³/mol. The normalized spacial score (nSPS) is 13.4. The van der Waals surface area contributed by atoms with Gasteiger partial charge < -0.3 is 5.73 Å². The Kier molecular flexibility index (Phi) is 6.93. The van der Waals surface area contributed by atoms with E-state index < -0.39 is 10.0 Å². The molecular weight excluding hydrogens is 348 g/mol. The van der Waals surface area contributed by atoms with Crippen LogP contribution in [0.15, 0.2) is 23.1 Å². The molecule has 0 fully saturated rings. The van der Waals surface area contributed by atoms with Crippen molar-refractivity contribution in [1.82, 2.24) is 4.31 Å². The third-order valence-electron chi connectivity index (χ3n) is 3.23. The summed E-state index contributed by atoms with van der Waals surface area (Å²) in [7, 11) is -2.12. The van der Waals surface area contributed by atoms with E-state index in [9.17, 15) is 8.42 Å². The number of thioether (sulfide) groups is 1. The minimum atomic E-state index is -3.68. The van der Waals surface area contributed by atoms with E-state index in [0.717, 1.165) is 12.2 Å². The number of benzene rings is 1. The van der Waals surface area contributed by atoms with E-state index in [1.807, 2.05) is 13.2 Å². The summed E-state index contributed by atoms with van der Waals surface area (Å²) in [4.78, 5) is 0.175. The molecule has 21 heavy (non-hydrogen) atoms. The Morgan fingerprint density at radius 1 is 1.52 bits per heavy atom. The van der Waals surface area contributed by atoms with E-state index in [-0.39, 0.29) is 20.9 Å². The van der Waals surface area contributed by atoms with E-state index in [2.05, 4.69) is 0 Å². The molecule has 0 radical (unpaired) electrons. The minimum absolute atomic E-state index is 0.0352. The average molecular weight is 367 g/mol. The molecule has 0 aliphatic carbocycles. The molecule has 1 aromatic carbocycles. The SMILES string of the molecule is CSCCC(C)N(C)S(=O)(=O)c1cc(C(N)=S)ccc1Cl. The maximum Gasteiger partial charge on any atom is 0.244 e. The number of halogens is 1. The summed E-state index contributed by atoms with van der Waals surface area (Å²) >= 11 is 12.6. The Hall–Kier alpha value is -0.340. The Morgan fingerprint density at radius 2 is 2.14 bits per heavy atom. The second-order valence-corrected chi connectivity index (χ2v) is 8.46. The first-order valence-electron chi connectivity index (χ1n) is 6.28. The fourth-order valence-electron chi connectivity index (χ4n) is 1.72. The largest absolute Gasteiger partial charge is 0.389 e. The molecule has 8 heteroatoms. The molecule has 1 atom stereocenters. The highest BCUT2D eigenvalue weighted by Gasteiger charge is 2.27.